The predicted octanol–water partition coefficient (Wildman–Crippen LogP) is 4.21. The average molecular weight is 326 g/mol. The van der Waals surface area contributed by atoms with Crippen LogP contribution in [0.1, 0.15) is 37.0 Å². The average Bonchev–Trinajstić information content (AvgIpc) is 2.99. The molecule has 0 radical (unpaired) electrons. The van der Waals surface area contributed by atoms with Crippen LogP contribution in [0.15, 0.2) is 15.9 Å². The van der Waals surface area contributed by atoms with Gasteiger partial charge in [-0.05, 0) is 71.4 Å². The molecular formula is C15H20BrNS. The van der Waals surface area contributed by atoms with Crippen LogP contribution in [-0.2, 0) is 6.42 Å². The van der Waals surface area contributed by atoms with Gasteiger partial charge in [0.1, 0.15) is 0 Å². The van der Waals surface area contributed by atoms with Crippen LogP contribution >= 0.6 is 27.3 Å². The summed E-state index contributed by atoms with van der Waals surface area (Å²) < 4.78 is 1.22. The Morgan fingerprint density at radius 1 is 1.39 bits per heavy atom. The smallest absolute Gasteiger partial charge is 0.0285 e. The van der Waals surface area contributed by atoms with Crippen LogP contribution in [-0.4, -0.2) is 5.54 Å². The van der Waals surface area contributed by atoms with Crippen LogP contribution in [0.3, 0.4) is 0 Å². The van der Waals surface area contributed by atoms with Gasteiger partial charge in [-0.2, -0.15) is 0 Å². The monoisotopic (exact) mass is 325 g/mol. The van der Waals surface area contributed by atoms with Gasteiger partial charge in [-0.1, -0.05) is 6.42 Å². The molecule has 98 valence electrons. The first-order valence-corrected chi connectivity index (χ1v) is 8.85. The number of nitrogens with two attached hydrogens (primary N) is 1. The highest BCUT2D eigenvalue weighted by Gasteiger charge is 2.59. The van der Waals surface area contributed by atoms with Gasteiger partial charge < -0.3 is 5.73 Å². The summed E-state index contributed by atoms with van der Waals surface area (Å²) in [4.78, 5) is 1.46. The zero-order valence-corrected chi connectivity index (χ0v) is 13.0. The topological polar surface area (TPSA) is 26.0 Å². The molecule has 18 heavy (non-hydrogen) atoms. The van der Waals surface area contributed by atoms with Crippen molar-refractivity contribution in [3.8, 4) is 0 Å². The molecule has 1 aromatic rings. The lowest BCUT2D eigenvalue weighted by molar-refractivity contribution is 0.157. The lowest BCUT2D eigenvalue weighted by atomic mass is 9.70. The van der Waals surface area contributed by atoms with Gasteiger partial charge in [-0.3, -0.25) is 0 Å². The van der Waals surface area contributed by atoms with E-state index in [-0.39, 0.29) is 5.54 Å². The Hall–Kier alpha value is 0.140. The molecule has 3 fully saturated rings. The first kappa shape index (κ1) is 11.9. The van der Waals surface area contributed by atoms with E-state index >= 15 is 0 Å². The molecule has 3 aliphatic rings. The van der Waals surface area contributed by atoms with Gasteiger partial charge in [0.15, 0.2) is 0 Å². The second kappa shape index (κ2) is 4.07. The number of rotatable bonds is 2. The van der Waals surface area contributed by atoms with Gasteiger partial charge in [0.2, 0.25) is 0 Å². The molecule has 0 spiro atoms. The summed E-state index contributed by atoms with van der Waals surface area (Å²) in [6, 6.07) is 2.26. The Kier molecular flexibility index (Phi) is 2.69. The Morgan fingerprint density at radius 2 is 2.22 bits per heavy atom. The molecule has 1 heterocycles. The fourth-order valence-electron chi connectivity index (χ4n) is 5.29. The Balaban J connectivity index is 1.58. The van der Waals surface area contributed by atoms with Gasteiger partial charge >= 0.3 is 0 Å². The van der Waals surface area contributed by atoms with Gasteiger partial charge in [0.05, 0.1) is 0 Å². The Bertz CT molecular complexity index is 471. The minimum absolute atomic E-state index is 0.112. The van der Waals surface area contributed by atoms with Gasteiger partial charge in [-0.15, -0.1) is 11.3 Å². The van der Waals surface area contributed by atoms with Gasteiger partial charge in [0.25, 0.3) is 0 Å². The summed E-state index contributed by atoms with van der Waals surface area (Å²) in [7, 11) is 0. The van der Waals surface area contributed by atoms with Crippen molar-refractivity contribution in [3.63, 3.8) is 0 Å². The normalized spacial score (nSPS) is 45.7. The summed E-state index contributed by atoms with van der Waals surface area (Å²) in [5.74, 6) is 3.78. The highest BCUT2D eigenvalue weighted by atomic mass is 79.9. The molecule has 1 aromatic heterocycles. The quantitative estimate of drug-likeness (QED) is 0.866. The molecule has 3 aliphatic carbocycles. The maximum absolute atomic E-state index is 6.83. The van der Waals surface area contributed by atoms with Crippen molar-refractivity contribution in [1.82, 2.24) is 0 Å². The predicted molar refractivity (Wildman–Crippen MR) is 79.7 cm³/mol. The lowest BCUT2D eigenvalue weighted by Gasteiger charge is -2.40. The fraction of sp³-hybridized carbons (Fsp3) is 0.733. The molecule has 2 bridgehead atoms. The largest absolute Gasteiger partial charge is 0.325 e. The molecule has 0 saturated heterocycles. The zero-order valence-electron chi connectivity index (χ0n) is 10.6. The summed E-state index contributed by atoms with van der Waals surface area (Å²) in [5.41, 5.74) is 6.94. The molecular weight excluding hydrogens is 306 g/mol. The third-order valence-electron chi connectivity index (χ3n) is 5.81. The van der Waals surface area contributed by atoms with Crippen molar-refractivity contribution >= 4 is 27.3 Å². The standard InChI is InChI=1S/C15H20BrNS/c16-10-5-11(18-8-10)7-15(17)6-9-4-14(15)13-3-1-2-12(9)13/h5,8-9,12-14H,1-4,6-7,17H2. The molecule has 0 aliphatic heterocycles. The van der Waals surface area contributed by atoms with E-state index in [4.69, 9.17) is 5.73 Å². The van der Waals surface area contributed by atoms with Crippen LogP contribution in [0.2, 0.25) is 0 Å². The van der Waals surface area contributed by atoms with E-state index in [0.717, 1.165) is 30.1 Å². The van der Waals surface area contributed by atoms with E-state index in [9.17, 15) is 0 Å². The first-order chi connectivity index (χ1) is 8.66. The number of fused-ring (bicyclic) bond motifs is 5. The maximum Gasteiger partial charge on any atom is 0.0285 e. The zero-order chi connectivity index (χ0) is 12.3. The van der Waals surface area contributed by atoms with Crippen LogP contribution < -0.4 is 5.73 Å². The Labute approximate surface area is 121 Å². The summed E-state index contributed by atoms with van der Waals surface area (Å²) in [6.45, 7) is 0. The van der Waals surface area contributed by atoms with E-state index in [1.165, 1.54) is 41.5 Å². The van der Waals surface area contributed by atoms with Crippen LogP contribution in [0, 0.1) is 23.7 Å². The second-order valence-electron chi connectivity index (χ2n) is 6.71. The van der Waals surface area contributed by atoms with E-state index in [1.807, 2.05) is 11.3 Å². The van der Waals surface area contributed by atoms with Crippen molar-refractivity contribution in [3.05, 3.63) is 20.8 Å². The highest BCUT2D eigenvalue weighted by Crippen LogP contribution is 2.62. The number of hydrogen-bond acceptors (Lipinski definition) is 2. The summed E-state index contributed by atoms with van der Waals surface area (Å²) in [6.07, 6.45) is 8.23. The summed E-state index contributed by atoms with van der Waals surface area (Å²) >= 11 is 5.42. The molecule has 1 nitrogen and oxygen atoms in total. The van der Waals surface area contributed by atoms with Crippen molar-refractivity contribution in [1.29, 1.82) is 0 Å². The number of thiophene rings is 1. The molecule has 0 amide bonds. The summed E-state index contributed by atoms with van der Waals surface area (Å²) in [5, 5.41) is 2.18. The number of hydrogen-bond donors (Lipinski definition) is 1. The van der Waals surface area contributed by atoms with Gasteiger partial charge in [-0.25, -0.2) is 0 Å². The van der Waals surface area contributed by atoms with Crippen molar-refractivity contribution in [2.75, 3.05) is 0 Å². The van der Waals surface area contributed by atoms with Crippen LogP contribution in [0.4, 0.5) is 0 Å². The van der Waals surface area contributed by atoms with Crippen molar-refractivity contribution in [2.24, 2.45) is 29.4 Å². The molecule has 3 saturated carbocycles. The van der Waals surface area contributed by atoms with Crippen molar-refractivity contribution in [2.45, 2.75) is 44.1 Å². The first-order valence-electron chi connectivity index (χ1n) is 7.17. The Morgan fingerprint density at radius 3 is 3.00 bits per heavy atom. The maximum atomic E-state index is 6.83. The van der Waals surface area contributed by atoms with E-state index in [2.05, 4.69) is 27.4 Å². The van der Waals surface area contributed by atoms with Crippen LogP contribution in [0.5, 0.6) is 0 Å². The minimum atomic E-state index is 0.112. The number of halogens is 1. The van der Waals surface area contributed by atoms with E-state index < -0.39 is 0 Å². The minimum Gasteiger partial charge on any atom is -0.325 e. The molecule has 5 atom stereocenters. The van der Waals surface area contributed by atoms with Crippen molar-refractivity contribution < 1.29 is 0 Å². The SMILES string of the molecule is NC1(Cc2cc(Br)cs2)CC2CC1C1CCCC21. The fourth-order valence-corrected chi connectivity index (χ4v) is 6.87. The van der Waals surface area contributed by atoms with E-state index in [1.54, 1.807) is 0 Å². The second-order valence-corrected chi connectivity index (χ2v) is 8.62. The molecule has 5 unspecified atom stereocenters. The molecule has 4 rings (SSSR count). The van der Waals surface area contributed by atoms with E-state index in [0.29, 0.717) is 0 Å². The lowest BCUT2D eigenvalue weighted by Crippen LogP contribution is -2.50. The molecule has 3 heteroatoms. The third-order valence-corrected chi connectivity index (χ3v) is 7.51. The van der Waals surface area contributed by atoms with Crippen LogP contribution in [0.25, 0.3) is 0 Å². The van der Waals surface area contributed by atoms with Gasteiger partial charge in [0, 0.05) is 26.7 Å². The molecule has 2 N–H and O–H groups in total. The molecule has 0 aromatic carbocycles. The highest BCUT2D eigenvalue weighted by molar-refractivity contribution is 9.10. The third kappa shape index (κ3) is 1.66.